The maximum atomic E-state index is 12.2. The first kappa shape index (κ1) is 15.3. The molecule has 0 amide bonds. The monoisotopic (exact) mass is 279 g/mol. The van der Waals surface area contributed by atoms with Crippen LogP contribution in [0.15, 0.2) is 12.4 Å². The highest BCUT2D eigenvalue weighted by Crippen LogP contribution is 2.26. The minimum Gasteiger partial charge on any atom is -0.479 e. The maximum absolute atomic E-state index is 12.2. The van der Waals surface area contributed by atoms with Crippen LogP contribution >= 0.6 is 0 Å². The van der Waals surface area contributed by atoms with Crippen LogP contribution in [0.2, 0.25) is 0 Å². The fourth-order valence-electron chi connectivity index (χ4n) is 1.19. The van der Waals surface area contributed by atoms with Gasteiger partial charge in [-0.1, -0.05) is 0 Å². The molecule has 9 heteroatoms. The van der Waals surface area contributed by atoms with Crippen molar-refractivity contribution in [2.24, 2.45) is 0 Å². The summed E-state index contributed by atoms with van der Waals surface area (Å²) in [5.41, 5.74) is -0.889. The van der Waals surface area contributed by atoms with Crippen molar-refractivity contribution in [3.8, 4) is 0 Å². The molecule has 0 unspecified atom stereocenters. The number of aliphatic carboxylic acids is 1. The average molecular weight is 279 g/mol. The van der Waals surface area contributed by atoms with Crippen LogP contribution in [-0.4, -0.2) is 38.8 Å². The Morgan fingerprint density at radius 2 is 2.05 bits per heavy atom. The number of aromatic nitrogens is 2. The molecule has 19 heavy (non-hydrogen) atoms. The summed E-state index contributed by atoms with van der Waals surface area (Å²) in [6, 6.07) is -0.538. The van der Waals surface area contributed by atoms with E-state index in [0.29, 0.717) is 6.20 Å². The molecule has 0 aromatic carbocycles. The molecule has 0 spiro atoms. The molecule has 1 heterocycles. The Balaban J connectivity index is 2.63. The molecule has 0 saturated carbocycles. The van der Waals surface area contributed by atoms with Crippen molar-refractivity contribution in [2.75, 3.05) is 6.54 Å². The Morgan fingerprint density at radius 1 is 1.42 bits per heavy atom. The van der Waals surface area contributed by atoms with Gasteiger partial charge in [-0.2, -0.15) is 13.2 Å². The van der Waals surface area contributed by atoms with Gasteiger partial charge in [0.05, 0.1) is 18.1 Å². The number of nitrogens with one attached hydrogen (secondary N) is 1. The van der Waals surface area contributed by atoms with Crippen molar-refractivity contribution in [2.45, 2.75) is 25.2 Å². The summed E-state index contributed by atoms with van der Waals surface area (Å²) in [5, 5.41) is 20.1. The average Bonchev–Trinajstić information content (AvgIpc) is 2.34. The number of halogens is 3. The lowest BCUT2D eigenvalue weighted by Gasteiger charge is -2.15. The largest absolute Gasteiger partial charge is 0.479 e. The van der Waals surface area contributed by atoms with Crippen molar-refractivity contribution in [3.05, 3.63) is 23.8 Å². The second kappa shape index (κ2) is 5.93. The first-order valence-corrected chi connectivity index (χ1v) is 5.25. The van der Waals surface area contributed by atoms with Crippen LogP contribution < -0.4 is 5.32 Å². The minimum absolute atomic E-state index is 0.214. The summed E-state index contributed by atoms with van der Waals surface area (Å²) >= 11 is 0. The standard InChI is InChI=1S/C10H12F3N3O3/c1-5(14-3-7(17)9(18)19)6-2-16-8(4-15-6)10(11,12)13/h2,4-5,7,14,17H,3H2,1H3,(H,18,19)/t5-,7+/m0/s1. The number of carboxylic acids is 1. The van der Waals surface area contributed by atoms with Gasteiger partial charge in [-0.3, -0.25) is 4.98 Å². The van der Waals surface area contributed by atoms with Gasteiger partial charge >= 0.3 is 12.1 Å². The predicted molar refractivity (Wildman–Crippen MR) is 57.1 cm³/mol. The normalized spacial score (nSPS) is 15.0. The van der Waals surface area contributed by atoms with Gasteiger partial charge in [0.15, 0.2) is 11.8 Å². The third-order valence-corrected chi connectivity index (χ3v) is 2.31. The van der Waals surface area contributed by atoms with Gasteiger partial charge in [0.25, 0.3) is 0 Å². The SMILES string of the molecule is C[C@H](NC[C@@H](O)C(=O)O)c1cnc(C(F)(F)F)cn1. The number of alkyl halides is 3. The van der Waals surface area contributed by atoms with Crippen molar-refractivity contribution < 1.29 is 28.2 Å². The summed E-state index contributed by atoms with van der Waals surface area (Å²) in [4.78, 5) is 17.2. The lowest BCUT2D eigenvalue weighted by molar-refractivity contribution is -0.146. The summed E-state index contributed by atoms with van der Waals surface area (Å²) in [5.74, 6) is -1.39. The Morgan fingerprint density at radius 3 is 2.47 bits per heavy atom. The summed E-state index contributed by atoms with van der Waals surface area (Å²) in [6.45, 7) is 1.31. The highest BCUT2D eigenvalue weighted by atomic mass is 19.4. The highest BCUT2D eigenvalue weighted by molar-refractivity contribution is 5.72. The molecular weight excluding hydrogens is 267 g/mol. The van der Waals surface area contributed by atoms with E-state index in [0.717, 1.165) is 6.20 Å². The Hall–Kier alpha value is -1.74. The van der Waals surface area contributed by atoms with Gasteiger partial charge in [0, 0.05) is 12.6 Å². The van der Waals surface area contributed by atoms with E-state index in [9.17, 15) is 18.0 Å². The molecule has 0 bridgehead atoms. The molecular formula is C10H12F3N3O3. The molecule has 0 aliphatic carbocycles. The van der Waals surface area contributed by atoms with Gasteiger partial charge in [0.2, 0.25) is 0 Å². The number of hydrogen-bond acceptors (Lipinski definition) is 5. The second-order valence-electron chi connectivity index (χ2n) is 3.81. The molecule has 2 atom stereocenters. The summed E-state index contributed by atoms with van der Waals surface area (Å²) in [7, 11) is 0. The Labute approximate surface area is 106 Å². The molecule has 106 valence electrons. The second-order valence-corrected chi connectivity index (χ2v) is 3.81. The molecule has 6 nitrogen and oxygen atoms in total. The van der Waals surface area contributed by atoms with Crippen LogP contribution in [0.25, 0.3) is 0 Å². The number of carboxylic acid groups (broad SMARTS) is 1. The topological polar surface area (TPSA) is 95.3 Å². The number of hydrogen-bond donors (Lipinski definition) is 3. The van der Waals surface area contributed by atoms with Crippen LogP contribution in [0, 0.1) is 0 Å². The van der Waals surface area contributed by atoms with E-state index in [2.05, 4.69) is 15.3 Å². The number of aliphatic hydroxyl groups is 1. The van der Waals surface area contributed by atoms with E-state index >= 15 is 0 Å². The van der Waals surface area contributed by atoms with Gasteiger partial charge in [-0.25, -0.2) is 9.78 Å². The molecule has 0 saturated heterocycles. The van der Waals surface area contributed by atoms with Crippen LogP contribution in [0.1, 0.15) is 24.4 Å². The summed E-state index contributed by atoms with van der Waals surface area (Å²) < 4.78 is 36.7. The van der Waals surface area contributed by atoms with Gasteiger partial charge in [-0.15, -0.1) is 0 Å². The number of aliphatic hydroxyl groups excluding tert-OH is 1. The zero-order valence-corrected chi connectivity index (χ0v) is 9.85. The van der Waals surface area contributed by atoms with E-state index in [1.54, 1.807) is 6.92 Å². The van der Waals surface area contributed by atoms with Crippen LogP contribution in [0.4, 0.5) is 13.2 Å². The number of nitrogens with zero attached hydrogens (tertiary/aromatic N) is 2. The highest BCUT2D eigenvalue weighted by Gasteiger charge is 2.32. The third kappa shape index (κ3) is 4.45. The van der Waals surface area contributed by atoms with Crippen LogP contribution in [-0.2, 0) is 11.0 Å². The first-order chi connectivity index (χ1) is 8.71. The zero-order chi connectivity index (χ0) is 14.6. The number of carbonyl (C=O) groups is 1. The quantitative estimate of drug-likeness (QED) is 0.730. The van der Waals surface area contributed by atoms with E-state index in [4.69, 9.17) is 10.2 Å². The van der Waals surface area contributed by atoms with Crippen LogP contribution in [0.3, 0.4) is 0 Å². The Kier molecular flexibility index (Phi) is 4.78. The van der Waals surface area contributed by atoms with Crippen LogP contribution in [0.5, 0.6) is 0 Å². The third-order valence-electron chi connectivity index (χ3n) is 2.31. The fourth-order valence-corrected chi connectivity index (χ4v) is 1.19. The zero-order valence-electron chi connectivity index (χ0n) is 9.85. The van der Waals surface area contributed by atoms with Crippen molar-refractivity contribution >= 4 is 5.97 Å². The molecule has 1 aromatic rings. The maximum Gasteiger partial charge on any atom is 0.434 e. The molecule has 1 rings (SSSR count). The lowest BCUT2D eigenvalue weighted by Crippen LogP contribution is -2.34. The molecule has 0 aliphatic heterocycles. The molecule has 0 aliphatic rings. The van der Waals surface area contributed by atoms with Crippen molar-refractivity contribution in [1.82, 2.24) is 15.3 Å². The smallest absolute Gasteiger partial charge is 0.434 e. The van der Waals surface area contributed by atoms with Gasteiger partial charge in [-0.05, 0) is 6.92 Å². The molecule has 1 aromatic heterocycles. The Bertz CT molecular complexity index is 436. The molecule has 0 radical (unpaired) electrons. The lowest BCUT2D eigenvalue weighted by atomic mass is 10.2. The molecule has 3 N–H and O–H groups in total. The van der Waals surface area contributed by atoms with E-state index < -0.39 is 30.0 Å². The van der Waals surface area contributed by atoms with Crippen molar-refractivity contribution in [3.63, 3.8) is 0 Å². The molecule has 0 fully saturated rings. The fraction of sp³-hybridized carbons (Fsp3) is 0.500. The van der Waals surface area contributed by atoms with Gasteiger partial charge < -0.3 is 15.5 Å². The minimum atomic E-state index is -4.55. The van der Waals surface area contributed by atoms with E-state index in [1.165, 1.54) is 0 Å². The first-order valence-electron chi connectivity index (χ1n) is 5.25. The predicted octanol–water partition coefficient (Wildman–Crippen LogP) is 0.591. The summed E-state index contributed by atoms with van der Waals surface area (Å²) in [6.07, 6.45) is -4.60. The van der Waals surface area contributed by atoms with Gasteiger partial charge in [0.1, 0.15) is 0 Å². The number of rotatable bonds is 5. The van der Waals surface area contributed by atoms with E-state index in [-0.39, 0.29) is 12.2 Å². The van der Waals surface area contributed by atoms with E-state index in [1.807, 2.05) is 0 Å². The van der Waals surface area contributed by atoms with Crippen molar-refractivity contribution in [1.29, 1.82) is 0 Å².